The summed E-state index contributed by atoms with van der Waals surface area (Å²) < 4.78 is 5.43. The predicted octanol–water partition coefficient (Wildman–Crippen LogP) is 2.42. The number of hydrogen-bond donors (Lipinski definition) is 1. The van der Waals surface area contributed by atoms with Gasteiger partial charge in [0.15, 0.2) is 0 Å². The summed E-state index contributed by atoms with van der Waals surface area (Å²) in [5.74, 6) is 0.331. The van der Waals surface area contributed by atoms with E-state index < -0.39 is 16.9 Å². The second kappa shape index (κ2) is 10.4. The van der Waals surface area contributed by atoms with E-state index in [4.69, 9.17) is 4.52 Å². The molecule has 3 aromatic rings. The van der Waals surface area contributed by atoms with E-state index in [0.717, 1.165) is 11.1 Å². The number of amides is 2. The van der Waals surface area contributed by atoms with Crippen LogP contribution in [0.1, 0.15) is 28.7 Å². The van der Waals surface area contributed by atoms with Gasteiger partial charge in [0.2, 0.25) is 17.6 Å². The molecule has 0 saturated carbocycles. The van der Waals surface area contributed by atoms with Crippen molar-refractivity contribution >= 4 is 17.5 Å². The Bertz CT molecular complexity index is 1230. The van der Waals surface area contributed by atoms with E-state index in [1.54, 1.807) is 11.8 Å². The maximum Gasteiger partial charge on any atom is 0.270 e. The molecule has 4 rings (SSSR count). The minimum Gasteiger partial charge on any atom is -0.341 e. The fraction of sp³-hybridized carbons (Fsp3) is 0.333. The van der Waals surface area contributed by atoms with Gasteiger partial charge in [-0.25, -0.2) is 0 Å². The minimum absolute atomic E-state index is 0.133. The predicted molar refractivity (Wildman–Crippen MR) is 126 cm³/mol. The number of piperazine rings is 1. The van der Waals surface area contributed by atoms with Gasteiger partial charge in [0.05, 0.1) is 11.5 Å². The van der Waals surface area contributed by atoms with Crippen LogP contribution in [0.2, 0.25) is 0 Å². The highest BCUT2D eigenvalue weighted by atomic mass is 16.6. The number of hydrogen-bond acceptors (Lipinski definition) is 8. The van der Waals surface area contributed by atoms with E-state index in [-0.39, 0.29) is 17.2 Å². The number of non-ortho nitro benzene ring substituents is 1. The van der Waals surface area contributed by atoms with E-state index in [2.05, 4.69) is 20.4 Å². The molecule has 2 amide bonds. The van der Waals surface area contributed by atoms with Gasteiger partial charge in [-0.15, -0.1) is 0 Å². The Morgan fingerprint density at radius 1 is 1.14 bits per heavy atom. The molecule has 1 aliphatic heterocycles. The molecule has 1 fully saturated rings. The Labute approximate surface area is 201 Å². The number of nitrogens with zero attached hydrogens (tertiary/aromatic N) is 5. The molecule has 0 spiro atoms. The van der Waals surface area contributed by atoms with E-state index >= 15 is 0 Å². The van der Waals surface area contributed by atoms with Gasteiger partial charge < -0.3 is 14.7 Å². The first-order chi connectivity index (χ1) is 16.8. The van der Waals surface area contributed by atoms with E-state index in [1.165, 1.54) is 24.3 Å². The summed E-state index contributed by atoms with van der Waals surface area (Å²) in [6.45, 7) is 6.33. The maximum atomic E-state index is 12.8. The summed E-state index contributed by atoms with van der Waals surface area (Å²) in [6.07, 6.45) is 0. The zero-order chi connectivity index (χ0) is 24.9. The summed E-state index contributed by atoms with van der Waals surface area (Å²) in [6, 6.07) is 12.5. The van der Waals surface area contributed by atoms with Crippen LogP contribution in [0.4, 0.5) is 5.69 Å². The molecule has 11 nitrogen and oxygen atoms in total. The lowest BCUT2D eigenvalue weighted by atomic mass is 10.1. The van der Waals surface area contributed by atoms with Gasteiger partial charge in [-0.1, -0.05) is 35.5 Å². The van der Waals surface area contributed by atoms with Crippen molar-refractivity contribution in [3.8, 4) is 11.4 Å². The normalized spacial score (nSPS) is 15.0. The molecule has 11 heteroatoms. The van der Waals surface area contributed by atoms with Crippen LogP contribution in [0, 0.1) is 17.0 Å². The number of aromatic nitrogens is 2. The van der Waals surface area contributed by atoms with Crippen molar-refractivity contribution in [2.75, 3.05) is 26.2 Å². The number of aryl methyl sites for hydroxylation is 1. The van der Waals surface area contributed by atoms with Crippen molar-refractivity contribution in [1.82, 2.24) is 25.3 Å². The van der Waals surface area contributed by atoms with E-state index in [1.807, 2.05) is 31.2 Å². The molecular weight excluding hydrogens is 452 g/mol. The third-order valence-corrected chi connectivity index (χ3v) is 5.93. The van der Waals surface area contributed by atoms with Gasteiger partial charge in [0, 0.05) is 49.4 Å². The Kier molecular flexibility index (Phi) is 7.16. The molecule has 2 heterocycles. The van der Waals surface area contributed by atoms with Crippen molar-refractivity contribution in [3.63, 3.8) is 0 Å². The monoisotopic (exact) mass is 478 g/mol. The summed E-state index contributed by atoms with van der Waals surface area (Å²) in [7, 11) is 0. The fourth-order valence-electron chi connectivity index (χ4n) is 3.95. The number of nitro groups is 1. The first-order valence-corrected chi connectivity index (χ1v) is 11.3. The number of nitrogens with one attached hydrogen (secondary N) is 1. The zero-order valence-electron chi connectivity index (χ0n) is 19.5. The van der Waals surface area contributed by atoms with Crippen LogP contribution in [-0.2, 0) is 11.3 Å². The lowest BCUT2D eigenvalue weighted by Crippen LogP contribution is -2.53. The SMILES string of the molecule is Cc1ccccc1-c1noc(CN2CCN(C(=O)C(C)NC(=O)c3cccc([N+](=O)[O-])c3)CC2)n1. The zero-order valence-corrected chi connectivity index (χ0v) is 19.5. The molecule has 1 atom stereocenters. The van der Waals surface area contributed by atoms with Crippen molar-refractivity contribution in [3.05, 3.63) is 75.7 Å². The first kappa shape index (κ1) is 24.0. The summed E-state index contributed by atoms with van der Waals surface area (Å²) in [5, 5.41) is 17.7. The Balaban J connectivity index is 1.28. The van der Waals surface area contributed by atoms with Gasteiger partial charge in [0.25, 0.3) is 11.6 Å². The molecule has 1 N–H and O–H groups in total. The molecule has 0 bridgehead atoms. The molecule has 182 valence electrons. The molecule has 0 aliphatic carbocycles. The van der Waals surface area contributed by atoms with Gasteiger partial charge in [0.1, 0.15) is 6.04 Å². The molecule has 35 heavy (non-hydrogen) atoms. The fourth-order valence-corrected chi connectivity index (χ4v) is 3.95. The van der Waals surface area contributed by atoms with Crippen LogP contribution in [0.5, 0.6) is 0 Å². The van der Waals surface area contributed by atoms with Crippen LogP contribution in [0.15, 0.2) is 53.1 Å². The minimum atomic E-state index is -0.763. The molecular formula is C24H26N6O5. The topological polar surface area (TPSA) is 135 Å². The van der Waals surface area contributed by atoms with Crippen LogP contribution < -0.4 is 5.32 Å². The van der Waals surface area contributed by atoms with Crippen LogP contribution in [0.25, 0.3) is 11.4 Å². The van der Waals surface area contributed by atoms with Gasteiger partial charge >= 0.3 is 0 Å². The highest BCUT2D eigenvalue weighted by molar-refractivity contribution is 5.97. The quantitative estimate of drug-likeness (QED) is 0.404. The van der Waals surface area contributed by atoms with Crippen molar-refractivity contribution in [2.45, 2.75) is 26.4 Å². The molecule has 0 radical (unpaired) electrons. The Morgan fingerprint density at radius 2 is 1.89 bits per heavy atom. The molecule has 1 aliphatic rings. The summed E-state index contributed by atoms with van der Waals surface area (Å²) in [4.78, 5) is 44.0. The number of rotatable bonds is 7. The first-order valence-electron chi connectivity index (χ1n) is 11.3. The van der Waals surface area contributed by atoms with Gasteiger partial charge in [-0.3, -0.25) is 24.6 Å². The highest BCUT2D eigenvalue weighted by Gasteiger charge is 2.27. The van der Waals surface area contributed by atoms with Crippen molar-refractivity contribution in [2.24, 2.45) is 0 Å². The van der Waals surface area contributed by atoms with Gasteiger partial charge in [-0.2, -0.15) is 4.98 Å². The lowest BCUT2D eigenvalue weighted by molar-refractivity contribution is -0.384. The summed E-state index contributed by atoms with van der Waals surface area (Å²) >= 11 is 0. The summed E-state index contributed by atoms with van der Waals surface area (Å²) in [5.41, 5.74) is 1.95. The molecule has 1 aromatic heterocycles. The maximum absolute atomic E-state index is 12.8. The number of carbonyl (C=O) groups is 2. The Morgan fingerprint density at radius 3 is 2.60 bits per heavy atom. The van der Waals surface area contributed by atoms with Crippen molar-refractivity contribution < 1.29 is 19.0 Å². The third-order valence-electron chi connectivity index (χ3n) is 5.93. The molecule has 1 unspecified atom stereocenters. The lowest BCUT2D eigenvalue weighted by Gasteiger charge is -2.35. The number of carbonyl (C=O) groups excluding carboxylic acids is 2. The van der Waals surface area contributed by atoms with E-state index in [0.29, 0.717) is 44.4 Å². The highest BCUT2D eigenvalue weighted by Crippen LogP contribution is 2.20. The van der Waals surface area contributed by atoms with Crippen molar-refractivity contribution in [1.29, 1.82) is 0 Å². The molecule has 2 aromatic carbocycles. The standard InChI is InChI=1S/C24H26N6O5/c1-16-6-3-4-9-20(16)22-26-21(35-27-22)15-28-10-12-29(13-11-28)24(32)17(2)25-23(31)18-7-5-8-19(14-18)30(33)34/h3-9,14,17H,10-13,15H2,1-2H3,(H,25,31). The van der Waals surface area contributed by atoms with E-state index in [9.17, 15) is 19.7 Å². The average Bonchev–Trinajstić information content (AvgIpc) is 3.32. The molecule has 1 saturated heterocycles. The second-order valence-electron chi connectivity index (χ2n) is 8.43. The Hall–Kier alpha value is -4.12. The van der Waals surface area contributed by atoms with Crippen LogP contribution in [0.3, 0.4) is 0 Å². The largest absolute Gasteiger partial charge is 0.341 e. The average molecular weight is 479 g/mol. The smallest absolute Gasteiger partial charge is 0.270 e. The number of benzene rings is 2. The second-order valence-corrected chi connectivity index (χ2v) is 8.43. The number of nitro benzene ring substituents is 1. The third kappa shape index (κ3) is 5.69. The van der Waals surface area contributed by atoms with Gasteiger partial charge in [-0.05, 0) is 25.5 Å². The van der Waals surface area contributed by atoms with Crippen LogP contribution >= 0.6 is 0 Å². The van der Waals surface area contributed by atoms with Crippen LogP contribution in [-0.4, -0.2) is 68.9 Å².